The molecule has 0 spiro atoms. The Morgan fingerprint density at radius 3 is 2.30 bits per heavy atom. The molecular weight excluding hydrogens is 271 g/mol. The van der Waals surface area contributed by atoms with Gasteiger partial charge in [0.05, 0.1) is 11.9 Å². The van der Waals surface area contributed by atoms with Gasteiger partial charge in [0.15, 0.2) is 0 Å². The van der Waals surface area contributed by atoms with Gasteiger partial charge in [0, 0.05) is 13.1 Å². The molecule has 0 radical (unpaired) electrons. The Morgan fingerprint density at radius 2 is 1.80 bits per heavy atom. The molecular formula is C13H16F3N3O. The first-order chi connectivity index (χ1) is 9.47. The summed E-state index contributed by atoms with van der Waals surface area (Å²) in [6.45, 7) is 1.85. The van der Waals surface area contributed by atoms with Gasteiger partial charge in [-0.15, -0.1) is 0 Å². The second-order valence-corrected chi connectivity index (χ2v) is 4.75. The number of rotatable bonds is 2. The van der Waals surface area contributed by atoms with Gasteiger partial charge in [-0.2, -0.15) is 13.2 Å². The van der Waals surface area contributed by atoms with Crippen molar-refractivity contribution >= 4 is 17.4 Å². The lowest BCUT2D eigenvalue weighted by atomic mass is 10.2. The van der Waals surface area contributed by atoms with Crippen LogP contribution >= 0.6 is 0 Å². The normalized spacial score (nSPS) is 16.6. The quantitative estimate of drug-likeness (QED) is 0.909. The first-order valence-electron chi connectivity index (χ1n) is 6.56. The number of halogens is 3. The third-order valence-corrected chi connectivity index (χ3v) is 3.22. The van der Waals surface area contributed by atoms with Gasteiger partial charge in [-0.3, -0.25) is 4.79 Å². The first kappa shape index (κ1) is 14.6. The Balaban J connectivity index is 2.00. The molecule has 0 aliphatic carbocycles. The summed E-state index contributed by atoms with van der Waals surface area (Å²) in [7, 11) is 0. The molecule has 2 heterocycles. The number of carbonyl (C=O) groups excluding carboxylic acids is 1. The van der Waals surface area contributed by atoms with Crippen LogP contribution in [0.5, 0.6) is 0 Å². The van der Waals surface area contributed by atoms with Gasteiger partial charge in [-0.25, -0.2) is 4.98 Å². The molecule has 1 aromatic heterocycles. The second-order valence-electron chi connectivity index (χ2n) is 4.75. The third kappa shape index (κ3) is 3.85. The summed E-state index contributed by atoms with van der Waals surface area (Å²) in [4.78, 5) is 16.8. The fourth-order valence-corrected chi connectivity index (χ4v) is 2.16. The highest BCUT2D eigenvalue weighted by molar-refractivity contribution is 5.94. The second kappa shape index (κ2) is 6.11. The van der Waals surface area contributed by atoms with Crippen LogP contribution in [0.15, 0.2) is 18.3 Å². The summed E-state index contributed by atoms with van der Waals surface area (Å²) in [5.74, 6) is -2.10. The highest BCUT2D eigenvalue weighted by Gasteiger charge is 2.38. The van der Waals surface area contributed by atoms with Crippen molar-refractivity contribution in [2.24, 2.45) is 0 Å². The highest BCUT2D eigenvalue weighted by atomic mass is 19.4. The standard InChI is InChI=1S/C13H16F3N3O/c14-13(15,16)12(20)18-11-6-5-10(9-17-11)19-7-3-1-2-4-8-19/h5-6,9H,1-4,7-8H2,(H,17,18,20). The van der Waals surface area contributed by atoms with Gasteiger partial charge in [-0.1, -0.05) is 12.8 Å². The molecule has 1 fully saturated rings. The van der Waals surface area contributed by atoms with Crippen molar-refractivity contribution in [1.29, 1.82) is 0 Å². The summed E-state index contributed by atoms with van der Waals surface area (Å²) >= 11 is 0. The molecule has 1 amide bonds. The lowest BCUT2D eigenvalue weighted by Crippen LogP contribution is -2.30. The number of nitrogens with zero attached hydrogens (tertiary/aromatic N) is 2. The van der Waals surface area contributed by atoms with Gasteiger partial charge in [0.2, 0.25) is 0 Å². The molecule has 0 aromatic carbocycles. The molecule has 0 bridgehead atoms. The van der Waals surface area contributed by atoms with E-state index in [9.17, 15) is 18.0 Å². The van der Waals surface area contributed by atoms with Crippen molar-refractivity contribution in [3.8, 4) is 0 Å². The molecule has 4 nitrogen and oxygen atoms in total. The number of pyridine rings is 1. The van der Waals surface area contributed by atoms with Crippen LogP contribution in [-0.4, -0.2) is 30.2 Å². The van der Waals surface area contributed by atoms with Crippen LogP contribution in [0, 0.1) is 0 Å². The zero-order valence-corrected chi connectivity index (χ0v) is 10.9. The van der Waals surface area contributed by atoms with Crippen molar-refractivity contribution < 1.29 is 18.0 Å². The minimum Gasteiger partial charge on any atom is -0.370 e. The van der Waals surface area contributed by atoms with E-state index in [-0.39, 0.29) is 5.82 Å². The Kier molecular flexibility index (Phi) is 4.46. The monoisotopic (exact) mass is 287 g/mol. The number of amides is 1. The Labute approximate surface area is 115 Å². The molecule has 0 saturated carbocycles. The van der Waals surface area contributed by atoms with Crippen LogP contribution in [0.4, 0.5) is 24.7 Å². The number of hydrogen-bond acceptors (Lipinski definition) is 3. The molecule has 1 saturated heterocycles. The molecule has 1 aromatic rings. The van der Waals surface area contributed by atoms with Crippen LogP contribution < -0.4 is 10.2 Å². The largest absolute Gasteiger partial charge is 0.471 e. The first-order valence-corrected chi connectivity index (χ1v) is 6.56. The molecule has 0 unspecified atom stereocenters. The molecule has 2 rings (SSSR count). The minimum atomic E-state index is -4.90. The fraction of sp³-hybridized carbons (Fsp3) is 0.538. The van der Waals surface area contributed by atoms with E-state index in [1.807, 2.05) is 0 Å². The van der Waals surface area contributed by atoms with Gasteiger partial charge in [0.1, 0.15) is 5.82 Å². The van der Waals surface area contributed by atoms with Gasteiger partial charge in [0.25, 0.3) is 0 Å². The summed E-state index contributed by atoms with van der Waals surface area (Å²) in [5, 5.41) is 1.73. The summed E-state index contributed by atoms with van der Waals surface area (Å²) < 4.78 is 36.3. The smallest absolute Gasteiger partial charge is 0.370 e. The number of anilines is 2. The molecule has 0 atom stereocenters. The Bertz CT molecular complexity index is 451. The van der Waals surface area contributed by atoms with Crippen LogP contribution in [0.2, 0.25) is 0 Å². The topological polar surface area (TPSA) is 45.2 Å². The van der Waals surface area contributed by atoms with E-state index in [2.05, 4.69) is 9.88 Å². The predicted octanol–water partition coefficient (Wildman–Crippen LogP) is 2.96. The number of alkyl halides is 3. The lowest BCUT2D eigenvalue weighted by molar-refractivity contribution is -0.167. The van der Waals surface area contributed by atoms with Gasteiger partial charge < -0.3 is 10.2 Å². The van der Waals surface area contributed by atoms with Gasteiger partial charge >= 0.3 is 12.1 Å². The summed E-state index contributed by atoms with van der Waals surface area (Å²) in [6, 6.07) is 3.08. The van der Waals surface area contributed by atoms with Crippen molar-refractivity contribution in [3.05, 3.63) is 18.3 Å². The SMILES string of the molecule is O=C(Nc1ccc(N2CCCCCC2)cn1)C(F)(F)F. The zero-order chi connectivity index (χ0) is 14.6. The maximum absolute atomic E-state index is 12.1. The average molecular weight is 287 g/mol. The van der Waals surface area contributed by atoms with Crippen LogP contribution in [0.25, 0.3) is 0 Å². The van der Waals surface area contributed by atoms with E-state index in [1.165, 1.54) is 25.1 Å². The minimum absolute atomic E-state index is 0.0918. The molecule has 20 heavy (non-hydrogen) atoms. The Morgan fingerprint density at radius 1 is 1.15 bits per heavy atom. The van der Waals surface area contributed by atoms with E-state index < -0.39 is 12.1 Å². The fourth-order valence-electron chi connectivity index (χ4n) is 2.16. The predicted molar refractivity (Wildman–Crippen MR) is 69.6 cm³/mol. The lowest BCUT2D eigenvalue weighted by Gasteiger charge is -2.22. The number of aromatic nitrogens is 1. The molecule has 110 valence electrons. The number of hydrogen-bond donors (Lipinski definition) is 1. The van der Waals surface area contributed by atoms with E-state index in [4.69, 9.17) is 0 Å². The Hall–Kier alpha value is -1.79. The van der Waals surface area contributed by atoms with E-state index in [0.29, 0.717) is 0 Å². The summed E-state index contributed by atoms with van der Waals surface area (Å²) in [5.41, 5.74) is 0.872. The highest BCUT2D eigenvalue weighted by Crippen LogP contribution is 2.21. The van der Waals surface area contributed by atoms with Crippen LogP contribution in [-0.2, 0) is 4.79 Å². The van der Waals surface area contributed by atoms with Crippen molar-refractivity contribution in [2.75, 3.05) is 23.3 Å². The van der Waals surface area contributed by atoms with Crippen molar-refractivity contribution in [1.82, 2.24) is 4.98 Å². The average Bonchev–Trinajstić information content (AvgIpc) is 2.67. The zero-order valence-electron chi connectivity index (χ0n) is 10.9. The van der Waals surface area contributed by atoms with E-state index >= 15 is 0 Å². The van der Waals surface area contributed by atoms with E-state index in [1.54, 1.807) is 11.4 Å². The number of nitrogens with one attached hydrogen (secondary N) is 1. The van der Waals surface area contributed by atoms with E-state index in [0.717, 1.165) is 31.6 Å². The van der Waals surface area contributed by atoms with Crippen LogP contribution in [0.1, 0.15) is 25.7 Å². The molecule has 1 N–H and O–H groups in total. The third-order valence-electron chi connectivity index (χ3n) is 3.22. The molecule has 1 aliphatic heterocycles. The molecule has 1 aliphatic rings. The van der Waals surface area contributed by atoms with Gasteiger partial charge in [-0.05, 0) is 25.0 Å². The van der Waals surface area contributed by atoms with Crippen molar-refractivity contribution in [3.63, 3.8) is 0 Å². The maximum Gasteiger partial charge on any atom is 0.471 e. The number of carbonyl (C=O) groups is 1. The maximum atomic E-state index is 12.1. The summed E-state index contributed by atoms with van der Waals surface area (Å²) in [6.07, 6.45) is 1.20. The molecule has 7 heteroatoms. The van der Waals surface area contributed by atoms with Crippen LogP contribution in [0.3, 0.4) is 0 Å². The van der Waals surface area contributed by atoms with Crippen molar-refractivity contribution in [2.45, 2.75) is 31.9 Å².